The third-order valence-electron chi connectivity index (χ3n) is 3.38. The molecule has 0 spiro atoms. The molecule has 1 nitrogen and oxygen atoms in total. The van der Waals surface area contributed by atoms with Crippen LogP contribution in [-0.4, -0.2) is 30.0 Å². The van der Waals surface area contributed by atoms with Gasteiger partial charge in [0.2, 0.25) is 0 Å². The van der Waals surface area contributed by atoms with Crippen LogP contribution >= 0.6 is 0 Å². The van der Waals surface area contributed by atoms with Gasteiger partial charge in [-0.15, -0.1) is 0 Å². The second kappa shape index (κ2) is 3.19. The normalized spacial score (nSPS) is 39.9. The number of hydrogen-bond donors (Lipinski definition) is 0. The Hall–Kier alpha value is -0.180. The molecule has 0 aromatic rings. The minimum atomic E-state index is -2.41. The third-order valence-corrected chi connectivity index (χ3v) is 3.38. The van der Waals surface area contributed by atoms with Crippen LogP contribution in [0.2, 0.25) is 0 Å². The number of rotatable bonds is 1. The molecule has 13 heavy (non-hydrogen) atoms. The number of nitrogens with zero attached hydrogens (tertiary/aromatic N) is 1. The number of alkyl halides is 2. The van der Waals surface area contributed by atoms with Gasteiger partial charge in [-0.25, -0.2) is 8.78 Å². The number of halogens is 2. The maximum absolute atomic E-state index is 12.9. The minimum Gasteiger partial charge on any atom is -0.294 e. The van der Waals surface area contributed by atoms with Gasteiger partial charge in [-0.1, -0.05) is 6.92 Å². The quantitative estimate of drug-likeness (QED) is 0.612. The Labute approximate surface area is 78.1 Å². The van der Waals surface area contributed by atoms with Crippen molar-refractivity contribution in [1.82, 2.24) is 4.90 Å². The zero-order valence-electron chi connectivity index (χ0n) is 8.10. The minimum absolute atomic E-state index is 0.00435. The Morgan fingerprint density at radius 1 is 1.31 bits per heavy atom. The molecule has 1 saturated carbocycles. The van der Waals surface area contributed by atoms with E-state index >= 15 is 0 Å². The summed E-state index contributed by atoms with van der Waals surface area (Å²) < 4.78 is 25.8. The van der Waals surface area contributed by atoms with Gasteiger partial charge in [-0.2, -0.15) is 0 Å². The highest BCUT2D eigenvalue weighted by Gasteiger charge is 2.41. The highest BCUT2D eigenvalue weighted by molar-refractivity contribution is 4.89. The molecular weight excluding hydrogens is 172 g/mol. The molecular formula is C10H17F2N. The molecule has 1 heterocycles. The monoisotopic (exact) mass is 189 g/mol. The average Bonchev–Trinajstić information content (AvgIpc) is 2.56. The number of likely N-dealkylation sites (tertiary alicyclic amines) is 1. The van der Waals surface area contributed by atoms with E-state index in [4.69, 9.17) is 0 Å². The fraction of sp³-hybridized carbons (Fsp3) is 1.00. The van der Waals surface area contributed by atoms with Crippen molar-refractivity contribution in [2.45, 2.75) is 44.6 Å². The van der Waals surface area contributed by atoms with E-state index in [1.54, 1.807) is 0 Å². The first kappa shape index (κ1) is 9.38. The van der Waals surface area contributed by atoms with E-state index in [0.717, 1.165) is 18.8 Å². The zero-order valence-corrected chi connectivity index (χ0v) is 8.10. The fourth-order valence-corrected chi connectivity index (χ4v) is 2.58. The average molecular weight is 189 g/mol. The Morgan fingerprint density at radius 3 is 2.54 bits per heavy atom. The molecule has 76 valence electrons. The molecule has 0 aromatic heterocycles. The van der Waals surface area contributed by atoms with Crippen molar-refractivity contribution in [3.05, 3.63) is 0 Å². The van der Waals surface area contributed by atoms with Crippen LogP contribution in [0.3, 0.4) is 0 Å². The summed E-state index contributed by atoms with van der Waals surface area (Å²) in [5, 5.41) is 0. The smallest absolute Gasteiger partial charge is 0.261 e. The summed E-state index contributed by atoms with van der Waals surface area (Å²) in [5.74, 6) is -1.68. The first-order chi connectivity index (χ1) is 6.07. The molecule has 0 N–H and O–H groups in total. The highest BCUT2D eigenvalue weighted by Crippen LogP contribution is 2.35. The summed E-state index contributed by atoms with van der Waals surface area (Å²) in [6.45, 7) is 2.82. The van der Waals surface area contributed by atoms with Crippen LogP contribution in [0.1, 0.15) is 32.6 Å². The molecule has 1 saturated heterocycles. The van der Waals surface area contributed by atoms with Gasteiger partial charge in [0, 0.05) is 19.0 Å². The molecule has 0 amide bonds. The Morgan fingerprint density at radius 2 is 2.08 bits per heavy atom. The van der Waals surface area contributed by atoms with Crippen molar-refractivity contribution in [2.24, 2.45) is 5.92 Å². The Balaban J connectivity index is 1.89. The molecule has 2 unspecified atom stereocenters. The lowest BCUT2D eigenvalue weighted by molar-refractivity contribution is 0.00774. The zero-order chi connectivity index (χ0) is 9.47. The maximum atomic E-state index is 12.9. The van der Waals surface area contributed by atoms with Crippen molar-refractivity contribution in [2.75, 3.05) is 13.1 Å². The van der Waals surface area contributed by atoms with E-state index in [-0.39, 0.29) is 13.0 Å². The molecule has 0 aromatic carbocycles. The molecule has 1 aliphatic carbocycles. The van der Waals surface area contributed by atoms with Crippen LogP contribution in [0.25, 0.3) is 0 Å². The molecule has 1 aliphatic heterocycles. The first-order valence-corrected chi connectivity index (χ1v) is 5.19. The standard InChI is InChI=1S/C10H17F2N/c1-8-2-3-9(6-8)13-5-4-10(11,12)7-13/h8-9H,2-7H2,1H3. The molecule has 2 fully saturated rings. The van der Waals surface area contributed by atoms with E-state index < -0.39 is 5.92 Å². The van der Waals surface area contributed by atoms with Crippen LogP contribution in [0.5, 0.6) is 0 Å². The molecule has 2 atom stereocenters. The van der Waals surface area contributed by atoms with Gasteiger partial charge in [-0.05, 0) is 25.2 Å². The SMILES string of the molecule is CC1CCC(N2CCC(F)(F)C2)C1. The van der Waals surface area contributed by atoms with Gasteiger partial charge in [-0.3, -0.25) is 4.90 Å². The van der Waals surface area contributed by atoms with Crippen LogP contribution in [0.15, 0.2) is 0 Å². The molecule has 2 rings (SSSR count). The van der Waals surface area contributed by atoms with Crippen LogP contribution in [0.4, 0.5) is 8.78 Å². The Bertz CT molecular complexity index is 193. The summed E-state index contributed by atoms with van der Waals surface area (Å²) in [6.07, 6.45) is 3.53. The van der Waals surface area contributed by atoms with Crippen molar-refractivity contribution in [3.63, 3.8) is 0 Å². The fourth-order valence-electron chi connectivity index (χ4n) is 2.58. The van der Waals surface area contributed by atoms with E-state index in [0.29, 0.717) is 12.6 Å². The van der Waals surface area contributed by atoms with Gasteiger partial charge >= 0.3 is 0 Å². The van der Waals surface area contributed by atoms with Crippen LogP contribution in [0, 0.1) is 5.92 Å². The lowest BCUT2D eigenvalue weighted by Gasteiger charge is -2.23. The van der Waals surface area contributed by atoms with Gasteiger partial charge in [0.05, 0.1) is 6.54 Å². The van der Waals surface area contributed by atoms with Crippen molar-refractivity contribution < 1.29 is 8.78 Å². The van der Waals surface area contributed by atoms with Crippen LogP contribution < -0.4 is 0 Å². The molecule has 3 heteroatoms. The van der Waals surface area contributed by atoms with Crippen molar-refractivity contribution in [1.29, 1.82) is 0 Å². The van der Waals surface area contributed by atoms with Crippen molar-refractivity contribution >= 4 is 0 Å². The van der Waals surface area contributed by atoms with Gasteiger partial charge in [0.25, 0.3) is 5.92 Å². The number of hydrogen-bond acceptors (Lipinski definition) is 1. The van der Waals surface area contributed by atoms with E-state index in [2.05, 4.69) is 6.92 Å². The maximum Gasteiger partial charge on any atom is 0.261 e. The van der Waals surface area contributed by atoms with E-state index in [1.165, 1.54) is 6.42 Å². The highest BCUT2D eigenvalue weighted by atomic mass is 19.3. The molecule has 0 bridgehead atoms. The predicted molar refractivity (Wildman–Crippen MR) is 47.9 cm³/mol. The summed E-state index contributed by atoms with van der Waals surface area (Å²) in [4.78, 5) is 1.99. The van der Waals surface area contributed by atoms with E-state index in [1.807, 2.05) is 4.90 Å². The lowest BCUT2D eigenvalue weighted by atomic mass is 10.1. The van der Waals surface area contributed by atoms with Gasteiger partial charge in [0.15, 0.2) is 0 Å². The first-order valence-electron chi connectivity index (χ1n) is 5.19. The van der Waals surface area contributed by atoms with Gasteiger partial charge in [0.1, 0.15) is 0 Å². The summed E-state index contributed by atoms with van der Waals surface area (Å²) in [7, 11) is 0. The third kappa shape index (κ3) is 2.01. The second-order valence-corrected chi connectivity index (χ2v) is 4.65. The molecule has 0 radical (unpaired) electrons. The summed E-state index contributed by atoms with van der Waals surface area (Å²) in [5.41, 5.74) is 0. The van der Waals surface area contributed by atoms with Crippen molar-refractivity contribution in [3.8, 4) is 0 Å². The lowest BCUT2D eigenvalue weighted by Crippen LogP contribution is -2.33. The van der Waals surface area contributed by atoms with Gasteiger partial charge < -0.3 is 0 Å². The van der Waals surface area contributed by atoms with Crippen LogP contribution in [-0.2, 0) is 0 Å². The Kier molecular flexibility index (Phi) is 2.30. The van der Waals surface area contributed by atoms with E-state index in [9.17, 15) is 8.78 Å². The summed E-state index contributed by atoms with van der Waals surface area (Å²) in [6, 6.07) is 0.448. The predicted octanol–water partition coefficient (Wildman–Crippen LogP) is 2.52. The topological polar surface area (TPSA) is 3.24 Å². The second-order valence-electron chi connectivity index (χ2n) is 4.65. The largest absolute Gasteiger partial charge is 0.294 e. The summed E-state index contributed by atoms with van der Waals surface area (Å²) >= 11 is 0. The molecule has 2 aliphatic rings.